The number of hydrogen-bond donors (Lipinski definition) is 2. The second-order valence-electron chi connectivity index (χ2n) is 5.19. The number of nitrogens with zero attached hydrogens (tertiary/aromatic N) is 1. The third kappa shape index (κ3) is 3.09. The quantitative estimate of drug-likeness (QED) is 0.883. The first-order valence-electron chi connectivity index (χ1n) is 6.06. The number of aromatic nitrogens is 2. The predicted molar refractivity (Wildman–Crippen MR) is 72.1 cm³/mol. The fourth-order valence-corrected chi connectivity index (χ4v) is 3.07. The molecule has 1 aromatic heterocycles. The van der Waals surface area contributed by atoms with Crippen molar-refractivity contribution in [1.29, 1.82) is 0 Å². The van der Waals surface area contributed by atoms with Gasteiger partial charge < -0.3 is 5.32 Å². The van der Waals surface area contributed by atoms with Crippen LogP contribution >= 0.6 is 15.9 Å². The van der Waals surface area contributed by atoms with Crippen LogP contribution in [0.25, 0.3) is 0 Å². The highest BCUT2D eigenvalue weighted by Crippen LogP contribution is 2.31. The van der Waals surface area contributed by atoms with E-state index in [4.69, 9.17) is 0 Å². The molecule has 2 N–H and O–H groups in total. The van der Waals surface area contributed by atoms with Crippen molar-refractivity contribution in [3.63, 3.8) is 0 Å². The van der Waals surface area contributed by atoms with E-state index >= 15 is 0 Å². The average Bonchev–Trinajstić information content (AvgIpc) is 2.23. The van der Waals surface area contributed by atoms with Crippen molar-refractivity contribution in [1.82, 2.24) is 10.2 Å². The van der Waals surface area contributed by atoms with Crippen LogP contribution in [0.1, 0.15) is 33.1 Å². The molecule has 4 nitrogen and oxygen atoms in total. The van der Waals surface area contributed by atoms with Gasteiger partial charge in [0.2, 0.25) is 0 Å². The molecule has 0 aromatic carbocycles. The van der Waals surface area contributed by atoms with E-state index < -0.39 is 0 Å². The molecule has 0 bridgehead atoms. The molecule has 0 saturated heterocycles. The molecule has 1 saturated carbocycles. The summed E-state index contributed by atoms with van der Waals surface area (Å²) in [5, 5.41) is 9.64. The van der Waals surface area contributed by atoms with Crippen molar-refractivity contribution in [3.8, 4) is 0 Å². The van der Waals surface area contributed by atoms with E-state index in [1.807, 2.05) is 0 Å². The summed E-state index contributed by atoms with van der Waals surface area (Å²) in [6.07, 6.45) is 5.27. The van der Waals surface area contributed by atoms with E-state index in [0.29, 0.717) is 10.5 Å². The van der Waals surface area contributed by atoms with Crippen LogP contribution in [0.15, 0.2) is 15.5 Å². The van der Waals surface area contributed by atoms with Gasteiger partial charge in [-0.25, -0.2) is 5.10 Å². The summed E-state index contributed by atoms with van der Waals surface area (Å²) in [5.41, 5.74) is 0.604. The summed E-state index contributed by atoms with van der Waals surface area (Å²) in [5.74, 6) is 1.48. The van der Waals surface area contributed by atoms with Crippen molar-refractivity contribution < 1.29 is 0 Å². The molecule has 0 aliphatic heterocycles. The van der Waals surface area contributed by atoms with Gasteiger partial charge in [-0.15, -0.1) is 0 Å². The molecular weight excluding hydrogens is 282 g/mol. The van der Waals surface area contributed by atoms with Crippen molar-refractivity contribution in [3.05, 3.63) is 21.0 Å². The first-order chi connectivity index (χ1) is 8.06. The van der Waals surface area contributed by atoms with E-state index in [-0.39, 0.29) is 5.56 Å². The van der Waals surface area contributed by atoms with E-state index in [9.17, 15) is 4.79 Å². The molecule has 94 valence electrons. The second kappa shape index (κ2) is 5.21. The van der Waals surface area contributed by atoms with Gasteiger partial charge in [0.15, 0.2) is 0 Å². The Labute approximate surface area is 109 Å². The molecule has 2 unspecified atom stereocenters. The summed E-state index contributed by atoms with van der Waals surface area (Å²) in [4.78, 5) is 11.4. The average molecular weight is 300 g/mol. The van der Waals surface area contributed by atoms with Crippen molar-refractivity contribution in [2.75, 3.05) is 5.32 Å². The van der Waals surface area contributed by atoms with Gasteiger partial charge in [-0.1, -0.05) is 13.8 Å². The molecule has 2 atom stereocenters. The Morgan fingerprint density at radius 3 is 2.65 bits per heavy atom. The van der Waals surface area contributed by atoms with Gasteiger partial charge in [0, 0.05) is 6.04 Å². The van der Waals surface area contributed by atoms with Crippen molar-refractivity contribution >= 4 is 21.6 Å². The third-order valence-electron chi connectivity index (χ3n) is 3.33. The molecule has 0 amide bonds. The van der Waals surface area contributed by atoms with Crippen LogP contribution in [0.4, 0.5) is 5.69 Å². The monoisotopic (exact) mass is 299 g/mol. The molecule has 1 aliphatic rings. The van der Waals surface area contributed by atoms with Crippen LogP contribution in [0.5, 0.6) is 0 Å². The molecule has 0 radical (unpaired) electrons. The highest BCUT2D eigenvalue weighted by Gasteiger charge is 2.24. The van der Waals surface area contributed by atoms with Gasteiger partial charge in [-0.3, -0.25) is 4.79 Å². The number of aromatic amines is 1. The third-order valence-corrected chi connectivity index (χ3v) is 4.12. The predicted octanol–water partition coefficient (Wildman–Crippen LogP) is 2.77. The van der Waals surface area contributed by atoms with Crippen molar-refractivity contribution in [2.24, 2.45) is 11.8 Å². The molecule has 17 heavy (non-hydrogen) atoms. The lowest BCUT2D eigenvalue weighted by Crippen LogP contribution is -2.31. The minimum Gasteiger partial charge on any atom is -0.380 e. The van der Waals surface area contributed by atoms with Gasteiger partial charge in [0.25, 0.3) is 5.56 Å². The number of H-pyrrole nitrogens is 1. The Bertz CT molecular complexity index is 436. The zero-order valence-corrected chi connectivity index (χ0v) is 11.8. The molecule has 0 spiro atoms. The highest BCUT2D eigenvalue weighted by molar-refractivity contribution is 9.10. The standard InChI is InChI=1S/C12H18BrN3O/c1-7-3-8(2)5-9(4-7)15-10-6-14-16-12(17)11(10)13/h6-9H,3-5H2,1-2H3,(H2,15,16,17). The Balaban J connectivity index is 2.10. The van der Waals surface area contributed by atoms with Crippen LogP contribution in [0.3, 0.4) is 0 Å². The first-order valence-corrected chi connectivity index (χ1v) is 6.85. The van der Waals surface area contributed by atoms with Crippen LogP contribution in [-0.2, 0) is 0 Å². The summed E-state index contributed by atoms with van der Waals surface area (Å²) >= 11 is 3.29. The lowest BCUT2D eigenvalue weighted by Gasteiger charge is -2.32. The zero-order chi connectivity index (χ0) is 12.4. The van der Waals surface area contributed by atoms with E-state index in [0.717, 1.165) is 30.4 Å². The number of rotatable bonds is 2. The summed E-state index contributed by atoms with van der Waals surface area (Å²) in [7, 11) is 0. The van der Waals surface area contributed by atoms with E-state index in [1.54, 1.807) is 6.20 Å². The zero-order valence-electron chi connectivity index (χ0n) is 10.2. The fraction of sp³-hybridized carbons (Fsp3) is 0.667. The summed E-state index contributed by atoms with van der Waals surface area (Å²) in [6, 6.07) is 0.439. The molecule has 1 aromatic rings. The summed E-state index contributed by atoms with van der Waals surface area (Å²) in [6.45, 7) is 4.57. The topological polar surface area (TPSA) is 57.8 Å². The van der Waals surface area contributed by atoms with Crippen LogP contribution in [0.2, 0.25) is 0 Å². The molecule has 5 heteroatoms. The first kappa shape index (κ1) is 12.6. The van der Waals surface area contributed by atoms with E-state index in [1.165, 1.54) is 6.42 Å². The van der Waals surface area contributed by atoms with Gasteiger partial charge in [0.05, 0.1) is 11.9 Å². The second-order valence-corrected chi connectivity index (χ2v) is 5.98. The minimum atomic E-state index is -0.188. The normalized spacial score (nSPS) is 29.0. The Kier molecular flexibility index (Phi) is 3.86. The number of hydrogen-bond acceptors (Lipinski definition) is 3. The maximum Gasteiger partial charge on any atom is 0.280 e. The van der Waals surface area contributed by atoms with Crippen LogP contribution in [0, 0.1) is 11.8 Å². The molecule has 1 fully saturated rings. The molecule has 2 rings (SSSR count). The van der Waals surface area contributed by atoms with Crippen LogP contribution in [-0.4, -0.2) is 16.2 Å². The Morgan fingerprint density at radius 2 is 2.00 bits per heavy atom. The van der Waals surface area contributed by atoms with Gasteiger partial charge in [-0.05, 0) is 47.0 Å². The number of halogens is 1. The van der Waals surface area contributed by atoms with Gasteiger partial charge >= 0.3 is 0 Å². The van der Waals surface area contributed by atoms with Gasteiger partial charge in [-0.2, -0.15) is 5.10 Å². The Hall–Kier alpha value is -0.840. The largest absolute Gasteiger partial charge is 0.380 e. The smallest absolute Gasteiger partial charge is 0.280 e. The summed E-state index contributed by atoms with van der Waals surface area (Å²) < 4.78 is 0.540. The fourth-order valence-electron chi connectivity index (χ4n) is 2.77. The molecule has 1 aliphatic carbocycles. The molecular formula is C12H18BrN3O. The van der Waals surface area contributed by atoms with Crippen molar-refractivity contribution in [2.45, 2.75) is 39.2 Å². The maximum atomic E-state index is 11.4. The number of anilines is 1. The van der Waals surface area contributed by atoms with Gasteiger partial charge in [0.1, 0.15) is 4.47 Å². The molecule has 1 heterocycles. The minimum absolute atomic E-state index is 0.188. The lowest BCUT2D eigenvalue weighted by molar-refractivity contribution is 0.280. The Morgan fingerprint density at radius 1 is 1.35 bits per heavy atom. The number of nitrogens with one attached hydrogen (secondary N) is 2. The highest BCUT2D eigenvalue weighted by atomic mass is 79.9. The SMILES string of the molecule is CC1CC(C)CC(Nc2cn[nH]c(=O)c2Br)C1. The van der Waals surface area contributed by atoms with E-state index in [2.05, 4.69) is 45.3 Å². The van der Waals surface area contributed by atoms with Crippen LogP contribution < -0.4 is 10.9 Å². The lowest BCUT2D eigenvalue weighted by atomic mass is 9.80. The maximum absolute atomic E-state index is 11.4.